The van der Waals surface area contributed by atoms with E-state index in [4.69, 9.17) is 10.3 Å². The molecule has 2 aromatic heterocycles. The second-order valence-corrected chi connectivity index (χ2v) is 5.88. The first-order valence-electron chi connectivity index (χ1n) is 7.70. The van der Waals surface area contributed by atoms with Crippen LogP contribution in [0.2, 0.25) is 0 Å². The molecular weight excluding hydrogens is 432 g/mol. The zero-order valence-electron chi connectivity index (χ0n) is 14.2. The van der Waals surface area contributed by atoms with Gasteiger partial charge in [0.15, 0.2) is 5.76 Å². The van der Waals surface area contributed by atoms with E-state index in [9.17, 15) is 39.9 Å². The quantitative estimate of drug-likeness (QED) is 0.584. The minimum Gasteiger partial charge on any atom is -0.366 e. The van der Waals surface area contributed by atoms with Crippen LogP contribution in [0.25, 0.3) is 22.6 Å². The molecule has 0 atom stereocenters. The number of aromatic nitrogens is 3. The summed E-state index contributed by atoms with van der Waals surface area (Å²) < 4.78 is 113. The van der Waals surface area contributed by atoms with Gasteiger partial charge in [-0.05, 0) is 12.1 Å². The molecule has 0 spiro atoms. The van der Waals surface area contributed by atoms with Gasteiger partial charge in [-0.2, -0.15) is 40.2 Å². The Labute approximate surface area is 160 Å². The van der Waals surface area contributed by atoms with Gasteiger partial charge in [-0.1, -0.05) is 5.16 Å². The lowest BCUT2D eigenvalue weighted by Crippen LogP contribution is -2.36. The molecule has 160 valence electrons. The summed E-state index contributed by atoms with van der Waals surface area (Å²) in [6.45, 7) is 0. The Morgan fingerprint density at radius 3 is 2.20 bits per heavy atom. The van der Waals surface area contributed by atoms with Crippen molar-refractivity contribution in [3.05, 3.63) is 47.3 Å². The minimum atomic E-state index is -6.27. The topological polar surface area (TPSA) is 97.8 Å². The molecule has 1 aromatic carbocycles. The van der Waals surface area contributed by atoms with Crippen LogP contribution in [0.15, 0.2) is 35.1 Å². The van der Waals surface area contributed by atoms with Gasteiger partial charge < -0.3 is 10.3 Å². The number of hydrogen-bond donors (Lipinski definition) is 2. The Balaban J connectivity index is 2.54. The van der Waals surface area contributed by atoms with Crippen LogP contribution < -0.4 is 5.73 Å². The molecule has 0 bridgehead atoms. The molecular formula is C16H8F8N4O2. The molecule has 3 aromatic rings. The molecule has 3 N–H and O–H groups in total. The highest BCUT2D eigenvalue weighted by atomic mass is 19.4. The summed E-state index contributed by atoms with van der Waals surface area (Å²) in [6, 6.07) is 2.36. The van der Waals surface area contributed by atoms with Gasteiger partial charge in [0.2, 0.25) is 5.91 Å². The average molecular weight is 440 g/mol. The number of alkyl halides is 8. The maximum Gasteiger partial charge on any atom is 0.458 e. The second kappa shape index (κ2) is 6.81. The SMILES string of the molecule is NC(=O)c1ccc(-c2ccno2)c(-c2[nH]ncc2C(F)(F)F)c1C(F)(F)C(F)(F)F. The Bertz CT molecular complexity index is 1080. The van der Waals surface area contributed by atoms with Crippen molar-refractivity contribution in [1.29, 1.82) is 0 Å². The monoisotopic (exact) mass is 440 g/mol. The van der Waals surface area contributed by atoms with Crippen LogP contribution in [-0.4, -0.2) is 27.4 Å². The summed E-state index contributed by atoms with van der Waals surface area (Å²) >= 11 is 0. The third kappa shape index (κ3) is 3.37. The zero-order chi connectivity index (χ0) is 22.5. The maximum atomic E-state index is 14.5. The van der Waals surface area contributed by atoms with E-state index in [2.05, 4.69) is 10.3 Å². The molecule has 0 aliphatic rings. The minimum absolute atomic E-state index is 0.200. The molecule has 0 radical (unpaired) electrons. The van der Waals surface area contributed by atoms with Gasteiger partial charge in [-0.25, -0.2) is 0 Å². The van der Waals surface area contributed by atoms with E-state index in [1.165, 1.54) is 0 Å². The molecule has 0 saturated carbocycles. The van der Waals surface area contributed by atoms with Gasteiger partial charge in [0.05, 0.1) is 23.7 Å². The number of primary amides is 1. The summed E-state index contributed by atoms with van der Waals surface area (Å²) in [4.78, 5) is 11.6. The van der Waals surface area contributed by atoms with Gasteiger partial charge in [0, 0.05) is 22.8 Å². The average Bonchev–Trinajstić information content (AvgIpc) is 3.30. The number of nitrogens with zero attached hydrogens (tertiary/aromatic N) is 2. The molecule has 1 amide bonds. The van der Waals surface area contributed by atoms with Gasteiger partial charge in [0.25, 0.3) is 0 Å². The molecule has 14 heteroatoms. The highest BCUT2D eigenvalue weighted by molar-refractivity contribution is 5.99. The van der Waals surface area contributed by atoms with E-state index in [1.54, 1.807) is 5.10 Å². The molecule has 30 heavy (non-hydrogen) atoms. The van der Waals surface area contributed by atoms with Crippen LogP contribution in [0.3, 0.4) is 0 Å². The predicted molar refractivity (Wildman–Crippen MR) is 83.0 cm³/mol. The third-order valence-electron chi connectivity index (χ3n) is 4.04. The van der Waals surface area contributed by atoms with Crippen molar-refractivity contribution >= 4 is 5.91 Å². The first-order valence-corrected chi connectivity index (χ1v) is 7.70. The molecule has 0 aliphatic heterocycles. The molecule has 0 aliphatic carbocycles. The standard InChI is InChI=1S/C16H8F8N4O2/c17-14(18,16(22,23)24)11-7(13(25)29)2-1-6(9-3-4-27-30-9)10(11)12-8(5-26-28-12)15(19,20)21/h1-5H,(H2,25,29)(H,26,28). The van der Waals surface area contributed by atoms with E-state index in [0.29, 0.717) is 6.07 Å². The lowest BCUT2D eigenvalue weighted by Gasteiger charge is -2.26. The van der Waals surface area contributed by atoms with E-state index in [-0.39, 0.29) is 6.20 Å². The maximum absolute atomic E-state index is 14.5. The highest BCUT2D eigenvalue weighted by Gasteiger charge is 2.61. The van der Waals surface area contributed by atoms with E-state index < -0.39 is 63.5 Å². The smallest absolute Gasteiger partial charge is 0.366 e. The fraction of sp³-hybridized carbons (Fsp3) is 0.188. The van der Waals surface area contributed by atoms with E-state index >= 15 is 0 Å². The zero-order valence-corrected chi connectivity index (χ0v) is 14.2. The fourth-order valence-electron chi connectivity index (χ4n) is 2.79. The summed E-state index contributed by atoms with van der Waals surface area (Å²) in [5.74, 6) is -7.92. The van der Waals surface area contributed by atoms with Crippen molar-refractivity contribution in [1.82, 2.24) is 15.4 Å². The van der Waals surface area contributed by atoms with Crippen LogP contribution in [0.4, 0.5) is 35.1 Å². The number of halogens is 8. The Morgan fingerprint density at radius 1 is 1.03 bits per heavy atom. The van der Waals surface area contributed by atoms with Crippen molar-refractivity contribution in [3.8, 4) is 22.6 Å². The number of benzene rings is 1. The number of nitrogens with one attached hydrogen (secondary N) is 1. The van der Waals surface area contributed by atoms with Gasteiger partial charge in [-0.3, -0.25) is 9.89 Å². The third-order valence-corrected chi connectivity index (χ3v) is 4.04. The van der Waals surface area contributed by atoms with Crippen molar-refractivity contribution < 1.29 is 44.4 Å². The lowest BCUT2D eigenvalue weighted by molar-refractivity contribution is -0.289. The second-order valence-electron chi connectivity index (χ2n) is 5.88. The molecule has 0 fully saturated rings. The number of nitrogens with two attached hydrogens (primary N) is 1. The number of amides is 1. The summed E-state index contributed by atoms with van der Waals surface area (Å²) in [5.41, 5.74) is -3.30. The van der Waals surface area contributed by atoms with Gasteiger partial charge >= 0.3 is 18.3 Å². The number of hydrogen-bond acceptors (Lipinski definition) is 4. The summed E-state index contributed by atoms with van der Waals surface area (Å²) in [7, 11) is 0. The Morgan fingerprint density at radius 2 is 1.70 bits per heavy atom. The van der Waals surface area contributed by atoms with Crippen molar-refractivity contribution in [2.75, 3.05) is 0 Å². The first-order chi connectivity index (χ1) is 13.8. The number of H-pyrrole nitrogens is 1. The van der Waals surface area contributed by atoms with Crippen molar-refractivity contribution in [3.63, 3.8) is 0 Å². The van der Waals surface area contributed by atoms with Crippen LogP contribution in [0.1, 0.15) is 21.5 Å². The van der Waals surface area contributed by atoms with Crippen LogP contribution >= 0.6 is 0 Å². The number of carbonyl (C=O) groups excluding carboxylic acids is 1. The first kappa shape index (κ1) is 21.3. The summed E-state index contributed by atoms with van der Waals surface area (Å²) in [6.07, 6.45) is -10.3. The fourth-order valence-corrected chi connectivity index (χ4v) is 2.79. The lowest BCUT2D eigenvalue weighted by atomic mass is 9.87. The number of carbonyl (C=O) groups is 1. The molecule has 3 rings (SSSR count). The largest absolute Gasteiger partial charge is 0.458 e. The van der Waals surface area contributed by atoms with Crippen molar-refractivity contribution in [2.24, 2.45) is 5.73 Å². The van der Waals surface area contributed by atoms with Crippen LogP contribution in [-0.2, 0) is 12.1 Å². The summed E-state index contributed by atoms with van der Waals surface area (Å²) in [5, 5.41) is 8.16. The number of rotatable bonds is 4. The van der Waals surface area contributed by atoms with E-state index in [1.807, 2.05) is 0 Å². The molecule has 0 saturated heterocycles. The predicted octanol–water partition coefficient (Wildman–Crippen LogP) is 4.50. The number of aromatic amines is 1. The Hall–Kier alpha value is -3.45. The Kier molecular flexibility index (Phi) is 4.83. The molecule has 6 nitrogen and oxygen atoms in total. The normalized spacial score (nSPS) is 12.9. The van der Waals surface area contributed by atoms with Crippen LogP contribution in [0.5, 0.6) is 0 Å². The van der Waals surface area contributed by atoms with Gasteiger partial charge in [0.1, 0.15) is 5.56 Å². The van der Waals surface area contributed by atoms with E-state index in [0.717, 1.165) is 18.3 Å². The molecule has 0 unspecified atom stereocenters. The van der Waals surface area contributed by atoms with Gasteiger partial charge in [-0.15, -0.1) is 0 Å². The van der Waals surface area contributed by atoms with Crippen molar-refractivity contribution in [2.45, 2.75) is 18.3 Å². The molecule has 2 heterocycles. The highest BCUT2D eigenvalue weighted by Crippen LogP contribution is 2.52. The van der Waals surface area contributed by atoms with Crippen LogP contribution in [0, 0.1) is 0 Å².